The summed E-state index contributed by atoms with van der Waals surface area (Å²) in [5, 5.41) is 10.1. The zero-order valence-electron chi connectivity index (χ0n) is 13.3. The van der Waals surface area contributed by atoms with Crippen molar-refractivity contribution in [2.24, 2.45) is 11.3 Å². The molecule has 0 unspecified atom stereocenters. The van der Waals surface area contributed by atoms with Crippen molar-refractivity contribution in [3.63, 3.8) is 0 Å². The lowest BCUT2D eigenvalue weighted by atomic mass is 9.93. The van der Waals surface area contributed by atoms with Gasteiger partial charge in [-0.1, -0.05) is 6.08 Å². The Morgan fingerprint density at radius 2 is 2.10 bits per heavy atom. The van der Waals surface area contributed by atoms with Gasteiger partial charge < -0.3 is 19.3 Å². The number of rotatable bonds is 9. The fourth-order valence-corrected chi connectivity index (χ4v) is 1.60. The third-order valence-electron chi connectivity index (χ3n) is 2.87. The molecule has 1 N–H and O–H groups in total. The van der Waals surface area contributed by atoms with E-state index in [9.17, 15) is 9.90 Å². The van der Waals surface area contributed by atoms with Crippen molar-refractivity contribution in [1.29, 1.82) is 0 Å². The Morgan fingerprint density at radius 3 is 2.52 bits per heavy atom. The first-order chi connectivity index (χ1) is 9.77. The number of carbonyl (C=O) groups is 1. The lowest BCUT2D eigenvalue weighted by molar-refractivity contribution is -0.159. The first kappa shape index (κ1) is 19.7. The maximum Gasteiger partial charge on any atom is 0.311 e. The van der Waals surface area contributed by atoms with Crippen LogP contribution in [-0.2, 0) is 19.0 Å². The number of hydrogen-bond acceptors (Lipinski definition) is 5. The monoisotopic (exact) mass is 298 g/mol. The predicted octanol–water partition coefficient (Wildman–Crippen LogP) is 1.75. The number of esters is 1. The van der Waals surface area contributed by atoms with Gasteiger partial charge in [0.25, 0.3) is 0 Å². The molecule has 0 spiro atoms. The van der Waals surface area contributed by atoms with Crippen LogP contribution in [0.1, 0.15) is 27.2 Å². The van der Waals surface area contributed by atoms with Gasteiger partial charge in [0.2, 0.25) is 0 Å². The van der Waals surface area contributed by atoms with Crippen molar-refractivity contribution in [1.82, 2.24) is 0 Å². The Balaban J connectivity index is 4.84. The average molecular weight is 298 g/mol. The van der Waals surface area contributed by atoms with E-state index in [0.717, 1.165) is 0 Å². The number of terminal acetylenes is 1. The second-order valence-electron chi connectivity index (χ2n) is 5.76. The second kappa shape index (κ2) is 9.56. The Bertz CT molecular complexity index is 364. The molecule has 5 heteroatoms. The number of aliphatic hydroxyl groups is 1. The summed E-state index contributed by atoms with van der Waals surface area (Å²) in [7, 11) is 1.49. The molecule has 120 valence electrons. The molecule has 0 aromatic carbocycles. The minimum atomic E-state index is -0.859. The molecule has 0 radical (unpaired) electrons. The van der Waals surface area contributed by atoms with Gasteiger partial charge in [-0.15, -0.1) is 18.9 Å². The van der Waals surface area contributed by atoms with Gasteiger partial charge in [-0.2, -0.15) is 0 Å². The van der Waals surface area contributed by atoms with E-state index < -0.39 is 23.5 Å². The summed E-state index contributed by atoms with van der Waals surface area (Å²) in [6.45, 7) is 8.99. The number of ether oxygens (including phenoxy) is 3. The van der Waals surface area contributed by atoms with E-state index in [1.807, 2.05) is 0 Å². The highest BCUT2D eigenvalue weighted by Gasteiger charge is 2.30. The quantitative estimate of drug-likeness (QED) is 0.304. The lowest BCUT2D eigenvalue weighted by Gasteiger charge is -2.28. The Kier molecular flexibility index (Phi) is 8.95. The van der Waals surface area contributed by atoms with Crippen molar-refractivity contribution in [2.75, 3.05) is 20.5 Å². The lowest BCUT2D eigenvalue weighted by Crippen LogP contribution is -2.38. The molecule has 0 aliphatic carbocycles. The highest BCUT2D eigenvalue weighted by Crippen LogP contribution is 2.21. The maximum absolute atomic E-state index is 11.8. The molecule has 0 aliphatic heterocycles. The van der Waals surface area contributed by atoms with E-state index >= 15 is 0 Å². The molecular weight excluding hydrogens is 272 g/mol. The first-order valence-corrected chi connectivity index (χ1v) is 6.79. The van der Waals surface area contributed by atoms with Crippen molar-refractivity contribution < 1.29 is 24.1 Å². The van der Waals surface area contributed by atoms with E-state index in [4.69, 9.17) is 20.6 Å². The van der Waals surface area contributed by atoms with Crippen LogP contribution in [0.3, 0.4) is 0 Å². The van der Waals surface area contributed by atoms with Crippen LogP contribution < -0.4 is 0 Å². The van der Waals surface area contributed by atoms with Gasteiger partial charge in [0.1, 0.15) is 6.79 Å². The molecule has 0 bridgehead atoms. The molecule has 21 heavy (non-hydrogen) atoms. The minimum absolute atomic E-state index is 0.000644. The average Bonchev–Trinajstić information content (AvgIpc) is 2.41. The van der Waals surface area contributed by atoms with E-state index in [1.165, 1.54) is 13.2 Å². The van der Waals surface area contributed by atoms with Crippen LogP contribution in [0.5, 0.6) is 0 Å². The van der Waals surface area contributed by atoms with Crippen molar-refractivity contribution in [3.8, 4) is 12.3 Å². The zero-order valence-corrected chi connectivity index (χ0v) is 13.3. The summed E-state index contributed by atoms with van der Waals surface area (Å²) in [5.74, 6) is 1.54. The smallest absolute Gasteiger partial charge is 0.311 e. The van der Waals surface area contributed by atoms with E-state index in [-0.39, 0.29) is 25.8 Å². The van der Waals surface area contributed by atoms with Gasteiger partial charge in [0.05, 0.1) is 30.1 Å². The van der Waals surface area contributed by atoms with Crippen LogP contribution in [0.4, 0.5) is 0 Å². The van der Waals surface area contributed by atoms with Gasteiger partial charge >= 0.3 is 5.97 Å². The fourth-order valence-electron chi connectivity index (χ4n) is 1.60. The Morgan fingerprint density at radius 1 is 1.48 bits per heavy atom. The molecule has 0 saturated carbocycles. The largest absolute Gasteiger partial charge is 0.465 e. The van der Waals surface area contributed by atoms with E-state index in [1.54, 1.807) is 20.8 Å². The minimum Gasteiger partial charge on any atom is -0.465 e. The standard InChI is InChI=1S/C16H26O5/c1-7-9-13(17)12(14(8-2)21-11-19-6)10-20-15(18)16(3,4)5/h1,8,12-14,17H,2,9-11H2,3-6H3/t12-,13-,14+/m1/s1. The molecule has 0 saturated heterocycles. The summed E-state index contributed by atoms with van der Waals surface area (Å²) in [4.78, 5) is 11.8. The Hall–Kier alpha value is -1.35. The van der Waals surface area contributed by atoms with E-state index in [0.29, 0.717) is 0 Å². The molecule has 0 amide bonds. The third kappa shape index (κ3) is 7.28. The molecule has 3 atom stereocenters. The van der Waals surface area contributed by atoms with Crippen LogP contribution in [0.15, 0.2) is 12.7 Å². The topological polar surface area (TPSA) is 65.0 Å². The third-order valence-corrected chi connectivity index (χ3v) is 2.87. The molecule has 0 rings (SSSR count). The Labute approximate surface area is 127 Å². The predicted molar refractivity (Wildman–Crippen MR) is 80.3 cm³/mol. The maximum atomic E-state index is 11.8. The molecule has 0 aromatic heterocycles. The van der Waals surface area contributed by atoms with Crippen molar-refractivity contribution in [2.45, 2.75) is 39.4 Å². The number of hydrogen-bond donors (Lipinski definition) is 1. The SMILES string of the molecule is C#CC[C@@H](O)[C@@H](COC(=O)C(C)(C)C)[C@H](C=C)OCOC. The summed E-state index contributed by atoms with van der Waals surface area (Å²) in [6, 6.07) is 0. The second-order valence-corrected chi connectivity index (χ2v) is 5.76. The van der Waals surface area contributed by atoms with Crippen molar-refractivity contribution >= 4 is 5.97 Å². The van der Waals surface area contributed by atoms with Crippen LogP contribution in [0.2, 0.25) is 0 Å². The number of methoxy groups -OCH3 is 1. The summed E-state index contributed by atoms with van der Waals surface area (Å²) < 4.78 is 15.5. The highest BCUT2D eigenvalue weighted by molar-refractivity contribution is 5.75. The summed E-state index contributed by atoms with van der Waals surface area (Å²) >= 11 is 0. The molecule has 0 heterocycles. The molecule has 0 aliphatic rings. The van der Waals surface area contributed by atoms with Crippen molar-refractivity contribution in [3.05, 3.63) is 12.7 Å². The summed E-state index contributed by atoms with van der Waals surface area (Å²) in [5.41, 5.74) is -0.612. The van der Waals surface area contributed by atoms with Gasteiger partial charge in [0.15, 0.2) is 0 Å². The van der Waals surface area contributed by atoms with Crippen LogP contribution in [0.25, 0.3) is 0 Å². The molecule has 5 nitrogen and oxygen atoms in total. The number of carbonyl (C=O) groups excluding carboxylic acids is 1. The molecular formula is C16H26O5. The molecule has 0 aromatic rings. The normalized spacial score (nSPS) is 15.6. The van der Waals surface area contributed by atoms with Crippen LogP contribution in [0, 0.1) is 23.7 Å². The van der Waals surface area contributed by atoms with Crippen LogP contribution in [-0.4, -0.2) is 43.8 Å². The first-order valence-electron chi connectivity index (χ1n) is 6.79. The van der Waals surface area contributed by atoms with Gasteiger partial charge in [-0.3, -0.25) is 4.79 Å². The highest BCUT2D eigenvalue weighted by atomic mass is 16.7. The van der Waals surface area contributed by atoms with Gasteiger partial charge in [-0.05, 0) is 20.8 Å². The number of aliphatic hydroxyl groups excluding tert-OH is 1. The summed E-state index contributed by atoms with van der Waals surface area (Å²) in [6.07, 6.45) is 5.51. The van der Waals surface area contributed by atoms with E-state index in [2.05, 4.69) is 12.5 Å². The van der Waals surface area contributed by atoms with Gasteiger partial charge in [0, 0.05) is 13.5 Å². The van der Waals surface area contributed by atoms with Crippen LogP contribution >= 0.6 is 0 Å². The fraction of sp³-hybridized carbons (Fsp3) is 0.688. The zero-order chi connectivity index (χ0) is 16.5. The van der Waals surface area contributed by atoms with Gasteiger partial charge in [-0.25, -0.2) is 0 Å². The molecule has 0 fully saturated rings.